The zero-order chi connectivity index (χ0) is 13.8. The maximum absolute atomic E-state index is 5.74. The van der Waals surface area contributed by atoms with E-state index in [4.69, 9.17) is 9.26 Å². The van der Waals surface area contributed by atoms with Gasteiger partial charge in [-0.2, -0.15) is 0 Å². The lowest BCUT2D eigenvalue weighted by atomic mass is 10.1. The lowest BCUT2D eigenvalue weighted by Gasteiger charge is -2.05. The molecule has 0 bridgehead atoms. The molecule has 0 aliphatic heterocycles. The molecule has 0 unspecified atom stereocenters. The smallest absolute Gasteiger partial charge is 0.174 e. The van der Waals surface area contributed by atoms with Crippen molar-refractivity contribution in [3.8, 4) is 5.75 Å². The average Bonchev–Trinajstić information content (AvgIpc) is 2.93. The number of fused-ring (bicyclic) bond motifs is 1. The van der Waals surface area contributed by atoms with Crippen LogP contribution in [0.15, 0.2) is 53.1 Å². The predicted molar refractivity (Wildman–Crippen MR) is 77.5 cm³/mol. The van der Waals surface area contributed by atoms with Gasteiger partial charge >= 0.3 is 0 Å². The molecule has 1 N–H and O–H groups in total. The normalized spacial score (nSPS) is 10.8. The van der Waals surface area contributed by atoms with Gasteiger partial charge in [0.15, 0.2) is 5.76 Å². The summed E-state index contributed by atoms with van der Waals surface area (Å²) >= 11 is 0. The number of hydrogen-bond donors (Lipinski definition) is 1. The zero-order valence-corrected chi connectivity index (χ0v) is 11.3. The zero-order valence-electron chi connectivity index (χ0n) is 11.3. The fourth-order valence-electron chi connectivity index (χ4n) is 2.10. The van der Waals surface area contributed by atoms with E-state index < -0.39 is 0 Å². The second-order valence-corrected chi connectivity index (χ2v) is 4.61. The number of hydrogen-bond acceptors (Lipinski definition) is 4. The molecule has 3 aromatic rings. The highest BCUT2D eigenvalue weighted by molar-refractivity contribution is 5.83. The van der Waals surface area contributed by atoms with Crippen LogP contribution in [0.25, 0.3) is 10.8 Å². The molecule has 0 spiro atoms. The van der Waals surface area contributed by atoms with Gasteiger partial charge in [0.1, 0.15) is 12.4 Å². The number of aromatic nitrogens is 1. The number of nitrogens with zero attached hydrogens (tertiary/aromatic N) is 1. The van der Waals surface area contributed by atoms with Crippen LogP contribution in [0.1, 0.15) is 11.5 Å². The summed E-state index contributed by atoms with van der Waals surface area (Å²) in [5.74, 6) is 1.55. The van der Waals surface area contributed by atoms with Gasteiger partial charge in [0, 0.05) is 12.6 Å². The maximum atomic E-state index is 5.74. The van der Waals surface area contributed by atoms with Crippen molar-refractivity contribution in [3.05, 3.63) is 60.0 Å². The van der Waals surface area contributed by atoms with Crippen LogP contribution in [-0.4, -0.2) is 12.2 Å². The quantitative estimate of drug-likeness (QED) is 0.772. The highest BCUT2D eigenvalue weighted by Crippen LogP contribution is 2.21. The van der Waals surface area contributed by atoms with Crippen LogP contribution in [0, 0.1) is 0 Å². The minimum Gasteiger partial charge on any atom is -0.486 e. The van der Waals surface area contributed by atoms with E-state index in [1.165, 1.54) is 10.8 Å². The van der Waals surface area contributed by atoms with Crippen molar-refractivity contribution < 1.29 is 9.26 Å². The van der Waals surface area contributed by atoms with Crippen molar-refractivity contribution in [1.82, 2.24) is 10.5 Å². The minimum absolute atomic E-state index is 0.384. The minimum atomic E-state index is 0.384. The third-order valence-corrected chi connectivity index (χ3v) is 3.07. The highest BCUT2D eigenvalue weighted by atomic mass is 16.5. The van der Waals surface area contributed by atoms with Gasteiger partial charge in [0.05, 0.1) is 5.69 Å². The summed E-state index contributed by atoms with van der Waals surface area (Å²) in [6.45, 7) is 1.08. The molecule has 4 nitrogen and oxygen atoms in total. The Kier molecular flexibility index (Phi) is 3.65. The molecule has 0 aliphatic carbocycles. The van der Waals surface area contributed by atoms with E-state index in [0.717, 1.165) is 17.2 Å². The van der Waals surface area contributed by atoms with Crippen LogP contribution >= 0.6 is 0 Å². The van der Waals surface area contributed by atoms with Crippen molar-refractivity contribution in [3.63, 3.8) is 0 Å². The molecule has 0 aliphatic rings. The molecule has 0 radical (unpaired) electrons. The van der Waals surface area contributed by atoms with Gasteiger partial charge in [0.2, 0.25) is 0 Å². The molecule has 4 heteroatoms. The first-order valence-corrected chi connectivity index (χ1v) is 6.56. The van der Waals surface area contributed by atoms with Crippen LogP contribution in [0.3, 0.4) is 0 Å². The maximum Gasteiger partial charge on any atom is 0.174 e. The van der Waals surface area contributed by atoms with Crippen molar-refractivity contribution in [2.24, 2.45) is 0 Å². The second kappa shape index (κ2) is 5.75. The summed E-state index contributed by atoms with van der Waals surface area (Å²) in [5.41, 5.74) is 0.879. The topological polar surface area (TPSA) is 47.3 Å². The Hall–Kier alpha value is -2.33. The Bertz CT molecular complexity index is 706. The third-order valence-electron chi connectivity index (χ3n) is 3.07. The van der Waals surface area contributed by atoms with E-state index in [0.29, 0.717) is 13.2 Å². The first kappa shape index (κ1) is 12.7. The van der Waals surface area contributed by atoms with Crippen LogP contribution < -0.4 is 10.1 Å². The van der Waals surface area contributed by atoms with E-state index in [-0.39, 0.29) is 0 Å². The SMILES string of the molecule is CNCc1cc(COc2ccc3ccccc3c2)on1. The standard InChI is InChI=1S/C16H16N2O2/c1-17-10-14-9-16(20-18-14)11-19-15-7-6-12-4-2-3-5-13(12)8-15/h2-9,17H,10-11H2,1H3. The number of nitrogens with one attached hydrogen (secondary N) is 1. The van der Waals surface area contributed by atoms with Gasteiger partial charge in [-0.25, -0.2) is 0 Å². The Morgan fingerprint density at radius 1 is 1.10 bits per heavy atom. The Balaban J connectivity index is 1.69. The molecule has 102 valence electrons. The first-order valence-electron chi connectivity index (χ1n) is 6.56. The van der Waals surface area contributed by atoms with Gasteiger partial charge in [-0.15, -0.1) is 0 Å². The fraction of sp³-hybridized carbons (Fsp3) is 0.188. The summed E-state index contributed by atoms with van der Waals surface area (Å²) in [7, 11) is 1.87. The Labute approximate surface area is 117 Å². The third kappa shape index (κ3) is 2.81. The molecule has 1 heterocycles. The van der Waals surface area contributed by atoms with Gasteiger partial charge in [0.25, 0.3) is 0 Å². The molecule has 0 atom stereocenters. The van der Waals surface area contributed by atoms with E-state index in [9.17, 15) is 0 Å². The second-order valence-electron chi connectivity index (χ2n) is 4.61. The molecule has 0 saturated heterocycles. The Morgan fingerprint density at radius 3 is 2.80 bits per heavy atom. The van der Waals surface area contributed by atoms with Crippen LogP contribution in [0.5, 0.6) is 5.75 Å². The Morgan fingerprint density at radius 2 is 1.95 bits per heavy atom. The van der Waals surface area contributed by atoms with Gasteiger partial charge in [-0.1, -0.05) is 35.5 Å². The van der Waals surface area contributed by atoms with Crippen LogP contribution in [-0.2, 0) is 13.2 Å². The number of ether oxygens (including phenoxy) is 1. The molecule has 0 saturated carbocycles. The van der Waals surface area contributed by atoms with E-state index in [1.807, 2.05) is 37.4 Å². The molecule has 0 amide bonds. The van der Waals surface area contributed by atoms with Crippen molar-refractivity contribution in [2.45, 2.75) is 13.2 Å². The van der Waals surface area contributed by atoms with Crippen molar-refractivity contribution in [2.75, 3.05) is 7.05 Å². The predicted octanol–water partition coefficient (Wildman–Crippen LogP) is 3.13. The number of benzene rings is 2. The number of rotatable bonds is 5. The van der Waals surface area contributed by atoms with Gasteiger partial charge in [-0.3, -0.25) is 0 Å². The summed E-state index contributed by atoms with van der Waals surface area (Å²) in [5, 5.41) is 9.35. The van der Waals surface area contributed by atoms with Gasteiger partial charge < -0.3 is 14.6 Å². The van der Waals surface area contributed by atoms with Crippen molar-refractivity contribution >= 4 is 10.8 Å². The molecule has 2 aromatic carbocycles. The van der Waals surface area contributed by atoms with Crippen molar-refractivity contribution in [1.29, 1.82) is 0 Å². The monoisotopic (exact) mass is 268 g/mol. The van der Waals surface area contributed by atoms with Crippen LogP contribution in [0.4, 0.5) is 0 Å². The molecule has 0 fully saturated rings. The van der Waals surface area contributed by atoms with Gasteiger partial charge in [-0.05, 0) is 30.0 Å². The molecule has 3 rings (SSSR count). The lowest BCUT2D eigenvalue weighted by molar-refractivity contribution is 0.248. The fourth-order valence-corrected chi connectivity index (χ4v) is 2.10. The molecular weight excluding hydrogens is 252 g/mol. The first-order chi connectivity index (χ1) is 9.85. The summed E-state index contributed by atoms with van der Waals surface area (Å²) in [6, 6.07) is 16.1. The largest absolute Gasteiger partial charge is 0.486 e. The van der Waals surface area contributed by atoms with E-state index >= 15 is 0 Å². The highest BCUT2D eigenvalue weighted by Gasteiger charge is 2.04. The van der Waals surface area contributed by atoms with E-state index in [2.05, 4.69) is 28.7 Å². The summed E-state index contributed by atoms with van der Waals surface area (Å²) in [6.07, 6.45) is 0. The van der Waals surface area contributed by atoms with E-state index in [1.54, 1.807) is 0 Å². The lowest BCUT2D eigenvalue weighted by Crippen LogP contribution is -2.04. The molecule has 1 aromatic heterocycles. The summed E-state index contributed by atoms with van der Waals surface area (Å²) < 4.78 is 10.9. The molecular formula is C16H16N2O2. The average molecular weight is 268 g/mol. The van der Waals surface area contributed by atoms with Crippen LogP contribution in [0.2, 0.25) is 0 Å². The summed E-state index contributed by atoms with van der Waals surface area (Å²) in [4.78, 5) is 0. The molecule has 20 heavy (non-hydrogen) atoms.